The average molecular weight is 406 g/mol. The zero-order valence-electron chi connectivity index (χ0n) is 15.4. The van der Waals surface area contributed by atoms with Crippen molar-refractivity contribution < 1.29 is 14.3 Å². The molecule has 7 nitrogen and oxygen atoms in total. The predicted molar refractivity (Wildman–Crippen MR) is 109 cm³/mol. The van der Waals surface area contributed by atoms with Crippen molar-refractivity contribution in [3.63, 3.8) is 0 Å². The summed E-state index contributed by atoms with van der Waals surface area (Å²) in [6.07, 6.45) is 3.53. The van der Waals surface area contributed by atoms with Crippen molar-refractivity contribution in [3.05, 3.63) is 70.8 Å². The number of para-hydroxylation sites is 2. The monoisotopic (exact) mass is 406 g/mol. The fourth-order valence-corrected chi connectivity index (χ4v) is 3.83. The van der Waals surface area contributed by atoms with Crippen LogP contribution in [0.2, 0.25) is 0 Å². The van der Waals surface area contributed by atoms with E-state index in [1.54, 1.807) is 12.3 Å². The minimum absolute atomic E-state index is 0.125. The van der Waals surface area contributed by atoms with Gasteiger partial charge in [0.25, 0.3) is 5.91 Å². The van der Waals surface area contributed by atoms with Gasteiger partial charge in [-0.25, -0.2) is 4.98 Å². The van der Waals surface area contributed by atoms with Gasteiger partial charge in [-0.1, -0.05) is 12.1 Å². The molecule has 2 aromatic heterocycles. The molecule has 8 heteroatoms. The minimum Gasteiger partial charge on any atom is -0.486 e. The third-order valence-corrected chi connectivity index (χ3v) is 5.44. The Morgan fingerprint density at radius 1 is 1.24 bits per heavy atom. The maximum absolute atomic E-state index is 12.4. The molecule has 0 spiro atoms. The molecule has 1 amide bonds. The van der Waals surface area contributed by atoms with Crippen LogP contribution < -0.4 is 14.8 Å². The Kier molecular flexibility index (Phi) is 4.61. The van der Waals surface area contributed by atoms with Crippen LogP contribution in [0.4, 0.5) is 0 Å². The lowest BCUT2D eigenvalue weighted by atomic mass is 10.1. The Labute approximate surface area is 170 Å². The number of carbonyl (C=O) groups excluding carboxylic acids is 1. The highest BCUT2D eigenvalue weighted by molar-refractivity contribution is 7.09. The van der Waals surface area contributed by atoms with Crippen LogP contribution in [0, 0.1) is 0 Å². The van der Waals surface area contributed by atoms with Crippen molar-refractivity contribution in [1.29, 1.82) is 0 Å². The van der Waals surface area contributed by atoms with E-state index < -0.39 is 0 Å². The van der Waals surface area contributed by atoms with Gasteiger partial charge in [-0.05, 0) is 30.3 Å². The van der Waals surface area contributed by atoms with E-state index in [0.717, 1.165) is 27.4 Å². The van der Waals surface area contributed by atoms with Gasteiger partial charge in [0.15, 0.2) is 17.6 Å². The van der Waals surface area contributed by atoms with E-state index in [-0.39, 0.29) is 12.0 Å². The van der Waals surface area contributed by atoms with Gasteiger partial charge < -0.3 is 14.8 Å². The molecule has 0 bridgehead atoms. The summed E-state index contributed by atoms with van der Waals surface area (Å²) in [5, 5.41) is 11.2. The van der Waals surface area contributed by atoms with Crippen molar-refractivity contribution in [2.75, 3.05) is 6.61 Å². The number of hydrogen-bond acceptors (Lipinski definition) is 6. The van der Waals surface area contributed by atoms with Crippen molar-refractivity contribution in [1.82, 2.24) is 20.1 Å². The van der Waals surface area contributed by atoms with E-state index >= 15 is 0 Å². The number of rotatable bonds is 5. The topological polar surface area (TPSA) is 78.3 Å². The average Bonchev–Trinajstić information content (AvgIpc) is 3.40. The molecule has 1 aliphatic heterocycles. The quantitative estimate of drug-likeness (QED) is 0.550. The number of nitrogens with zero attached hydrogens (tertiary/aromatic N) is 3. The Hall–Kier alpha value is -3.39. The lowest BCUT2D eigenvalue weighted by molar-refractivity contribution is 0.0760. The molecule has 1 unspecified atom stereocenters. The molecule has 0 saturated heterocycles. The maximum Gasteiger partial charge on any atom is 0.251 e. The molecule has 0 radical (unpaired) electrons. The van der Waals surface area contributed by atoms with Crippen LogP contribution in [0.1, 0.15) is 15.4 Å². The van der Waals surface area contributed by atoms with E-state index in [4.69, 9.17) is 9.47 Å². The van der Waals surface area contributed by atoms with Crippen molar-refractivity contribution in [2.45, 2.75) is 19.2 Å². The fraction of sp³-hybridized carbons (Fsp3) is 0.190. The first kappa shape index (κ1) is 17.7. The largest absolute Gasteiger partial charge is 0.486 e. The Balaban J connectivity index is 1.27. The second-order valence-corrected chi connectivity index (χ2v) is 7.71. The molecule has 1 aliphatic rings. The van der Waals surface area contributed by atoms with E-state index in [1.807, 2.05) is 52.7 Å². The molecule has 1 N–H and O–H groups in total. The highest BCUT2D eigenvalue weighted by Crippen LogP contribution is 2.31. The van der Waals surface area contributed by atoms with Crippen LogP contribution in [-0.4, -0.2) is 33.4 Å². The minimum atomic E-state index is -0.129. The van der Waals surface area contributed by atoms with Crippen LogP contribution in [0.15, 0.2) is 60.2 Å². The summed E-state index contributed by atoms with van der Waals surface area (Å²) in [5.74, 6) is 1.39. The third kappa shape index (κ3) is 3.79. The molecule has 146 valence electrons. The summed E-state index contributed by atoms with van der Waals surface area (Å²) in [6.45, 7) is 1.46. The van der Waals surface area contributed by atoms with Gasteiger partial charge in [0.05, 0.1) is 18.6 Å². The second-order valence-electron chi connectivity index (χ2n) is 6.73. The van der Waals surface area contributed by atoms with Gasteiger partial charge in [0.1, 0.15) is 11.6 Å². The number of carbonyl (C=O) groups is 1. The fourth-order valence-electron chi connectivity index (χ4n) is 3.27. The summed E-state index contributed by atoms with van der Waals surface area (Å²) >= 11 is 1.52. The number of amides is 1. The van der Waals surface area contributed by atoms with Crippen LogP contribution in [-0.2, 0) is 13.1 Å². The SMILES string of the molecule is O=C(NCc1nccs1)c1ccc2nn(CC3COc4ccccc4O3)cc2c1. The van der Waals surface area contributed by atoms with Crippen molar-refractivity contribution >= 4 is 28.1 Å². The van der Waals surface area contributed by atoms with Crippen molar-refractivity contribution in [3.8, 4) is 11.5 Å². The smallest absolute Gasteiger partial charge is 0.251 e. The summed E-state index contributed by atoms with van der Waals surface area (Å²) in [7, 11) is 0. The normalized spacial score (nSPS) is 15.4. The maximum atomic E-state index is 12.4. The number of nitrogens with one attached hydrogen (secondary N) is 1. The number of aromatic nitrogens is 3. The van der Waals surface area contributed by atoms with E-state index in [2.05, 4.69) is 15.4 Å². The highest BCUT2D eigenvalue weighted by Gasteiger charge is 2.21. The number of ether oxygens (including phenoxy) is 2. The number of thiazole rings is 1. The van der Waals surface area contributed by atoms with Gasteiger partial charge in [0.2, 0.25) is 0 Å². The van der Waals surface area contributed by atoms with E-state index in [0.29, 0.717) is 25.3 Å². The summed E-state index contributed by atoms with van der Waals surface area (Å²) in [5.41, 5.74) is 1.43. The van der Waals surface area contributed by atoms with Gasteiger partial charge in [-0.15, -0.1) is 11.3 Å². The summed E-state index contributed by atoms with van der Waals surface area (Å²) in [6, 6.07) is 13.1. The first-order chi connectivity index (χ1) is 14.2. The zero-order valence-corrected chi connectivity index (χ0v) is 16.3. The van der Waals surface area contributed by atoms with Gasteiger partial charge in [-0.2, -0.15) is 5.10 Å². The number of fused-ring (bicyclic) bond motifs is 2. The predicted octanol–water partition coefficient (Wildman–Crippen LogP) is 3.26. The van der Waals surface area contributed by atoms with Crippen LogP contribution in [0.25, 0.3) is 10.9 Å². The van der Waals surface area contributed by atoms with Crippen molar-refractivity contribution in [2.24, 2.45) is 0 Å². The third-order valence-electron chi connectivity index (χ3n) is 4.66. The molecule has 5 rings (SSSR count). The van der Waals surface area contributed by atoms with Crippen LogP contribution >= 0.6 is 11.3 Å². The van der Waals surface area contributed by atoms with Gasteiger partial charge >= 0.3 is 0 Å². The molecule has 0 aliphatic carbocycles. The molecule has 0 fully saturated rings. The van der Waals surface area contributed by atoms with Crippen LogP contribution in [0.3, 0.4) is 0 Å². The first-order valence-corrected chi connectivity index (χ1v) is 10.1. The molecule has 0 saturated carbocycles. The molecule has 1 atom stereocenters. The number of benzene rings is 2. The Morgan fingerprint density at radius 3 is 3.00 bits per heavy atom. The molecular formula is C21H18N4O3S. The van der Waals surface area contributed by atoms with Gasteiger partial charge in [-0.3, -0.25) is 9.48 Å². The molecular weight excluding hydrogens is 388 g/mol. The van der Waals surface area contributed by atoms with E-state index in [1.165, 1.54) is 11.3 Å². The lowest BCUT2D eigenvalue weighted by Gasteiger charge is -2.26. The first-order valence-electron chi connectivity index (χ1n) is 9.27. The standard InChI is InChI=1S/C21H18N4O3S/c26-21(23-10-20-22-7-8-29-20)14-5-6-17-15(9-14)11-25(24-17)12-16-13-27-18-3-1-2-4-19(18)28-16/h1-9,11,16H,10,12-13H2,(H,23,26). The number of hydrogen-bond donors (Lipinski definition) is 1. The second kappa shape index (κ2) is 7.56. The van der Waals surface area contributed by atoms with Crippen LogP contribution in [0.5, 0.6) is 11.5 Å². The molecule has 4 aromatic rings. The molecule has 29 heavy (non-hydrogen) atoms. The van der Waals surface area contributed by atoms with Gasteiger partial charge in [0, 0.05) is 28.7 Å². The summed E-state index contributed by atoms with van der Waals surface area (Å²) in [4.78, 5) is 16.6. The highest BCUT2D eigenvalue weighted by atomic mass is 32.1. The Bertz CT molecular complexity index is 1160. The molecule has 2 aromatic carbocycles. The van der Waals surface area contributed by atoms with E-state index in [9.17, 15) is 4.79 Å². The Morgan fingerprint density at radius 2 is 2.14 bits per heavy atom. The lowest BCUT2D eigenvalue weighted by Crippen LogP contribution is -2.33. The zero-order chi connectivity index (χ0) is 19.6. The molecule has 3 heterocycles. The summed E-state index contributed by atoms with van der Waals surface area (Å²) < 4.78 is 13.6.